The van der Waals surface area contributed by atoms with Crippen molar-refractivity contribution in [1.29, 1.82) is 0 Å². The first kappa shape index (κ1) is 21.4. The van der Waals surface area contributed by atoms with E-state index in [4.69, 9.17) is 14.6 Å². The fourth-order valence-corrected chi connectivity index (χ4v) is 3.76. The molecule has 156 valence electrons. The molecule has 30 heavy (non-hydrogen) atoms. The van der Waals surface area contributed by atoms with Gasteiger partial charge in [0.05, 0.1) is 29.4 Å². The summed E-state index contributed by atoms with van der Waals surface area (Å²) in [6.45, 7) is 4.84. The Morgan fingerprint density at radius 2 is 1.93 bits per heavy atom. The van der Waals surface area contributed by atoms with Crippen LogP contribution < -0.4 is 9.47 Å². The van der Waals surface area contributed by atoms with Crippen molar-refractivity contribution in [3.05, 3.63) is 58.5 Å². The largest absolute Gasteiger partial charge is 0.494 e. The van der Waals surface area contributed by atoms with Gasteiger partial charge in [0, 0.05) is 18.7 Å². The van der Waals surface area contributed by atoms with Crippen LogP contribution in [0.3, 0.4) is 0 Å². The van der Waals surface area contributed by atoms with Gasteiger partial charge in [0.2, 0.25) is 0 Å². The van der Waals surface area contributed by atoms with Crippen LogP contribution in [0.4, 0.5) is 5.69 Å². The van der Waals surface area contributed by atoms with Crippen molar-refractivity contribution in [3.8, 4) is 11.5 Å². The first-order chi connectivity index (χ1) is 14.4. The summed E-state index contributed by atoms with van der Waals surface area (Å²) in [7, 11) is 1.64. The zero-order valence-electron chi connectivity index (χ0n) is 16.9. The number of hydrogen-bond donors (Lipinski definition) is 1. The van der Waals surface area contributed by atoms with Gasteiger partial charge in [-0.25, -0.2) is 9.79 Å². The first-order valence-corrected chi connectivity index (χ1v) is 10.2. The number of aromatic carboxylic acids is 1. The third kappa shape index (κ3) is 4.83. The second kappa shape index (κ2) is 9.49. The minimum Gasteiger partial charge on any atom is -0.494 e. The molecule has 0 aromatic heterocycles. The van der Waals surface area contributed by atoms with Gasteiger partial charge in [-0.05, 0) is 62.0 Å². The minimum absolute atomic E-state index is 0.139. The number of amidine groups is 1. The molecule has 0 unspecified atom stereocenters. The number of thioether (sulfide) groups is 1. The molecule has 0 atom stereocenters. The predicted molar refractivity (Wildman–Crippen MR) is 118 cm³/mol. The topological polar surface area (TPSA) is 88.4 Å². The van der Waals surface area contributed by atoms with E-state index < -0.39 is 5.97 Å². The molecule has 2 aromatic rings. The number of carboxylic acid groups (broad SMARTS) is 1. The zero-order valence-corrected chi connectivity index (χ0v) is 17.7. The molecule has 1 aliphatic rings. The molecule has 1 saturated heterocycles. The summed E-state index contributed by atoms with van der Waals surface area (Å²) in [4.78, 5) is 30.3. The van der Waals surface area contributed by atoms with E-state index in [1.54, 1.807) is 31.3 Å². The normalized spacial score (nSPS) is 16.4. The second-order valence-corrected chi connectivity index (χ2v) is 7.30. The Balaban J connectivity index is 1.91. The maximum absolute atomic E-state index is 12.7. The van der Waals surface area contributed by atoms with E-state index >= 15 is 0 Å². The maximum Gasteiger partial charge on any atom is 0.335 e. The summed E-state index contributed by atoms with van der Waals surface area (Å²) in [6.07, 6.45) is 1.76. The van der Waals surface area contributed by atoms with Crippen LogP contribution in [0, 0.1) is 0 Å². The standard InChI is InChI=1S/C22H22N2O5S/c1-4-28-17-10-9-14(18(13-17)29-5-2)12-19-20(25)24(3)22(30-19)23-16-8-6-7-15(11-16)21(26)27/h6-13H,4-5H2,1-3H3,(H,26,27). The van der Waals surface area contributed by atoms with E-state index in [2.05, 4.69) is 4.99 Å². The van der Waals surface area contributed by atoms with E-state index in [1.807, 2.05) is 26.0 Å². The Labute approximate surface area is 179 Å². The summed E-state index contributed by atoms with van der Waals surface area (Å²) in [6, 6.07) is 11.8. The van der Waals surface area contributed by atoms with Gasteiger partial charge in [0.15, 0.2) is 5.17 Å². The van der Waals surface area contributed by atoms with Crippen LogP contribution in [-0.4, -0.2) is 47.3 Å². The number of ether oxygens (including phenoxy) is 2. The van der Waals surface area contributed by atoms with Crippen molar-refractivity contribution in [3.63, 3.8) is 0 Å². The number of nitrogens with zero attached hydrogens (tertiary/aromatic N) is 2. The minimum atomic E-state index is -1.03. The zero-order chi connectivity index (χ0) is 21.7. The Morgan fingerprint density at radius 3 is 2.63 bits per heavy atom. The summed E-state index contributed by atoms with van der Waals surface area (Å²) in [5, 5.41) is 9.62. The number of aliphatic imine (C=N–C) groups is 1. The molecule has 1 aliphatic heterocycles. The highest BCUT2D eigenvalue weighted by molar-refractivity contribution is 8.18. The van der Waals surface area contributed by atoms with Crippen molar-refractivity contribution in [2.75, 3.05) is 20.3 Å². The van der Waals surface area contributed by atoms with Gasteiger partial charge >= 0.3 is 5.97 Å². The van der Waals surface area contributed by atoms with Gasteiger partial charge in [0.25, 0.3) is 5.91 Å². The van der Waals surface area contributed by atoms with Crippen LogP contribution in [0.25, 0.3) is 6.08 Å². The van der Waals surface area contributed by atoms with Gasteiger partial charge in [0.1, 0.15) is 11.5 Å². The van der Waals surface area contributed by atoms with Gasteiger partial charge < -0.3 is 14.6 Å². The van der Waals surface area contributed by atoms with Crippen LogP contribution >= 0.6 is 11.8 Å². The van der Waals surface area contributed by atoms with Crippen molar-refractivity contribution < 1.29 is 24.2 Å². The van der Waals surface area contributed by atoms with Crippen LogP contribution in [0.2, 0.25) is 0 Å². The van der Waals surface area contributed by atoms with Crippen LogP contribution in [-0.2, 0) is 4.79 Å². The van der Waals surface area contributed by atoms with Gasteiger partial charge in [-0.3, -0.25) is 9.69 Å². The number of rotatable bonds is 7. The smallest absolute Gasteiger partial charge is 0.335 e. The van der Waals surface area contributed by atoms with Crippen molar-refractivity contribution in [2.45, 2.75) is 13.8 Å². The van der Waals surface area contributed by atoms with E-state index in [-0.39, 0.29) is 11.5 Å². The van der Waals surface area contributed by atoms with Crippen molar-refractivity contribution >= 4 is 40.6 Å². The third-order valence-corrected chi connectivity index (χ3v) is 5.26. The highest BCUT2D eigenvalue weighted by Crippen LogP contribution is 2.35. The van der Waals surface area contributed by atoms with Crippen LogP contribution in [0.5, 0.6) is 11.5 Å². The number of carboxylic acids is 1. The Morgan fingerprint density at radius 1 is 1.17 bits per heavy atom. The first-order valence-electron chi connectivity index (χ1n) is 9.42. The molecule has 0 radical (unpaired) electrons. The highest BCUT2D eigenvalue weighted by atomic mass is 32.2. The molecular formula is C22H22N2O5S. The molecule has 0 aliphatic carbocycles. The fourth-order valence-electron chi connectivity index (χ4n) is 2.78. The van der Waals surface area contributed by atoms with E-state index in [9.17, 15) is 9.59 Å². The van der Waals surface area contributed by atoms with E-state index in [1.165, 1.54) is 28.8 Å². The van der Waals surface area contributed by atoms with Crippen LogP contribution in [0.15, 0.2) is 52.4 Å². The number of carbonyl (C=O) groups is 2. The summed E-state index contributed by atoms with van der Waals surface area (Å²) >= 11 is 1.23. The fraction of sp³-hybridized carbons (Fsp3) is 0.227. The lowest BCUT2D eigenvalue weighted by Gasteiger charge is -2.10. The lowest BCUT2D eigenvalue weighted by Crippen LogP contribution is -2.23. The molecular weight excluding hydrogens is 404 g/mol. The SMILES string of the molecule is CCOc1ccc(C=C2SC(=Nc3cccc(C(=O)O)c3)N(C)C2=O)c(OCC)c1. The van der Waals surface area contributed by atoms with Gasteiger partial charge in [-0.15, -0.1) is 0 Å². The number of hydrogen-bond acceptors (Lipinski definition) is 6. The average molecular weight is 426 g/mol. The van der Waals surface area contributed by atoms with Crippen molar-refractivity contribution in [2.24, 2.45) is 4.99 Å². The van der Waals surface area contributed by atoms with E-state index in [0.29, 0.717) is 40.5 Å². The molecule has 8 heteroatoms. The molecule has 1 fully saturated rings. The molecule has 1 N–H and O–H groups in total. The second-order valence-electron chi connectivity index (χ2n) is 6.29. The molecule has 0 bridgehead atoms. The highest BCUT2D eigenvalue weighted by Gasteiger charge is 2.30. The molecule has 3 rings (SSSR count). The van der Waals surface area contributed by atoms with Gasteiger partial charge in [-0.2, -0.15) is 0 Å². The van der Waals surface area contributed by atoms with E-state index in [0.717, 1.165) is 5.56 Å². The average Bonchev–Trinajstić information content (AvgIpc) is 2.98. The number of benzene rings is 2. The molecule has 1 amide bonds. The number of likely N-dealkylation sites (N-methyl/N-ethyl adjacent to an activating group) is 1. The molecule has 0 spiro atoms. The Kier molecular flexibility index (Phi) is 6.79. The lowest BCUT2D eigenvalue weighted by molar-refractivity contribution is -0.121. The Hall–Kier alpha value is -3.26. The monoisotopic (exact) mass is 426 g/mol. The third-order valence-electron chi connectivity index (χ3n) is 4.20. The van der Waals surface area contributed by atoms with Gasteiger partial charge in [-0.1, -0.05) is 6.07 Å². The quantitative estimate of drug-likeness (QED) is 0.660. The van der Waals surface area contributed by atoms with Crippen molar-refractivity contribution in [1.82, 2.24) is 4.90 Å². The summed E-state index contributed by atoms with van der Waals surface area (Å²) in [5.74, 6) is 0.113. The predicted octanol–water partition coefficient (Wildman–Crippen LogP) is 4.42. The molecule has 7 nitrogen and oxygen atoms in total. The molecule has 1 heterocycles. The maximum atomic E-state index is 12.7. The lowest BCUT2D eigenvalue weighted by atomic mass is 10.1. The Bertz CT molecular complexity index is 1030. The summed E-state index contributed by atoms with van der Waals surface area (Å²) < 4.78 is 11.2. The number of carbonyl (C=O) groups excluding carboxylic acids is 1. The summed E-state index contributed by atoms with van der Waals surface area (Å²) in [5.41, 5.74) is 1.37. The molecule has 0 saturated carbocycles. The molecule has 2 aromatic carbocycles. The number of amides is 1. The van der Waals surface area contributed by atoms with Crippen LogP contribution in [0.1, 0.15) is 29.8 Å².